The fourth-order valence-corrected chi connectivity index (χ4v) is 3.75. The summed E-state index contributed by atoms with van der Waals surface area (Å²) in [5.74, 6) is -0.453. The Morgan fingerprint density at radius 2 is 2.03 bits per heavy atom. The second-order valence-corrected chi connectivity index (χ2v) is 7.54. The molecule has 1 atom stereocenters. The summed E-state index contributed by atoms with van der Waals surface area (Å²) in [6.45, 7) is 3.18. The first-order valence-electron chi connectivity index (χ1n) is 10.3. The molecule has 2 aromatic heterocycles. The summed E-state index contributed by atoms with van der Waals surface area (Å²) in [6.07, 6.45) is 4.75. The molecule has 0 unspecified atom stereocenters. The van der Waals surface area contributed by atoms with E-state index in [4.69, 9.17) is 0 Å². The van der Waals surface area contributed by atoms with E-state index in [9.17, 15) is 14.0 Å². The maximum Gasteiger partial charge on any atom is 0.242 e. The zero-order valence-electron chi connectivity index (χ0n) is 17.3. The molecule has 0 spiro atoms. The lowest BCUT2D eigenvalue weighted by Gasteiger charge is -2.23. The third kappa shape index (κ3) is 4.63. The van der Waals surface area contributed by atoms with Crippen molar-refractivity contribution in [2.75, 3.05) is 13.1 Å². The molecule has 0 radical (unpaired) electrons. The topological polar surface area (TPSA) is 80.1 Å². The smallest absolute Gasteiger partial charge is 0.242 e. The zero-order valence-corrected chi connectivity index (χ0v) is 17.3. The molecule has 1 saturated heterocycles. The molecule has 0 bridgehead atoms. The van der Waals surface area contributed by atoms with Gasteiger partial charge in [-0.25, -0.2) is 4.39 Å². The van der Waals surface area contributed by atoms with Crippen molar-refractivity contribution in [1.29, 1.82) is 0 Å². The van der Waals surface area contributed by atoms with Gasteiger partial charge in [-0.1, -0.05) is 0 Å². The van der Waals surface area contributed by atoms with Crippen LogP contribution in [0.15, 0.2) is 54.9 Å². The first-order valence-corrected chi connectivity index (χ1v) is 10.3. The number of likely N-dealkylation sites (tertiary alicyclic amines) is 1. The molecule has 8 heteroatoms. The molecule has 1 fully saturated rings. The molecule has 7 nitrogen and oxygen atoms in total. The summed E-state index contributed by atoms with van der Waals surface area (Å²) in [5, 5.41) is 7.57. The van der Waals surface area contributed by atoms with Gasteiger partial charge in [0.2, 0.25) is 11.8 Å². The molecule has 31 heavy (non-hydrogen) atoms. The van der Waals surface area contributed by atoms with Gasteiger partial charge in [-0.3, -0.25) is 19.3 Å². The van der Waals surface area contributed by atoms with Crippen LogP contribution in [-0.4, -0.2) is 50.6 Å². The van der Waals surface area contributed by atoms with Crippen molar-refractivity contribution in [3.63, 3.8) is 0 Å². The minimum absolute atomic E-state index is 0.0255. The van der Waals surface area contributed by atoms with Gasteiger partial charge in [0.05, 0.1) is 17.9 Å². The number of aromatic nitrogens is 3. The van der Waals surface area contributed by atoms with Crippen LogP contribution in [0.1, 0.15) is 19.8 Å². The van der Waals surface area contributed by atoms with Gasteiger partial charge < -0.3 is 10.2 Å². The molecule has 2 amide bonds. The molecule has 1 aliphatic rings. The summed E-state index contributed by atoms with van der Waals surface area (Å²) in [5.41, 5.74) is 3.26. The molecular formula is C23H24FN5O2. The number of hydrogen-bond donors (Lipinski definition) is 1. The lowest BCUT2D eigenvalue weighted by Crippen LogP contribution is -2.46. The van der Waals surface area contributed by atoms with Gasteiger partial charge in [-0.05, 0) is 55.8 Å². The van der Waals surface area contributed by atoms with Gasteiger partial charge in [-0.15, -0.1) is 0 Å². The highest BCUT2D eigenvalue weighted by atomic mass is 19.1. The first kappa shape index (κ1) is 20.7. The molecule has 0 aliphatic carbocycles. The van der Waals surface area contributed by atoms with Crippen molar-refractivity contribution >= 4 is 11.8 Å². The highest BCUT2D eigenvalue weighted by Crippen LogP contribution is 2.26. The van der Waals surface area contributed by atoms with E-state index in [0.717, 1.165) is 23.2 Å². The quantitative estimate of drug-likeness (QED) is 0.636. The molecule has 3 heterocycles. The Morgan fingerprint density at radius 3 is 2.71 bits per heavy atom. The molecular weight excluding hydrogens is 397 g/mol. The number of halogens is 1. The van der Waals surface area contributed by atoms with Crippen LogP contribution < -0.4 is 5.32 Å². The minimum atomic E-state index is -0.486. The predicted molar refractivity (Wildman–Crippen MR) is 114 cm³/mol. The summed E-state index contributed by atoms with van der Waals surface area (Å²) < 4.78 is 15.1. The van der Waals surface area contributed by atoms with Crippen LogP contribution in [0, 0.1) is 5.82 Å². The highest BCUT2D eigenvalue weighted by molar-refractivity contribution is 5.88. The van der Waals surface area contributed by atoms with Crippen LogP contribution >= 0.6 is 0 Å². The zero-order chi connectivity index (χ0) is 21.8. The molecule has 4 rings (SSSR count). The van der Waals surface area contributed by atoms with Crippen molar-refractivity contribution in [2.45, 2.75) is 32.4 Å². The van der Waals surface area contributed by atoms with E-state index in [1.807, 2.05) is 22.9 Å². The number of hydrogen-bond acceptors (Lipinski definition) is 4. The summed E-state index contributed by atoms with van der Waals surface area (Å²) in [6, 6.07) is 11.4. The number of nitrogens with one attached hydrogen (secondary N) is 1. The number of rotatable bonds is 7. The number of benzene rings is 1. The fraction of sp³-hybridized carbons (Fsp3) is 0.304. The van der Waals surface area contributed by atoms with Crippen LogP contribution in [0.2, 0.25) is 0 Å². The van der Waals surface area contributed by atoms with Gasteiger partial charge in [0, 0.05) is 43.0 Å². The Balaban J connectivity index is 1.49. The Morgan fingerprint density at radius 1 is 1.23 bits per heavy atom. The third-order valence-corrected chi connectivity index (χ3v) is 5.46. The van der Waals surface area contributed by atoms with E-state index >= 15 is 0 Å². The van der Waals surface area contributed by atoms with Crippen LogP contribution in [0.5, 0.6) is 0 Å². The van der Waals surface area contributed by atoms with Crippen LogP contribution in [-0.2, 0) is 16.1 Å². The average Bonchev–Trinajstić information content (AvgIpc) is 3.40. The molecule has 1 aromatic carbocycles. The standard InChI is InChI=1S/C23H24FN5O2/c1-16(28-12-3-5-22(28)30)23(31)26-11-13-29-21(18-4-2-10-25-15-18)14-20(27-29)17-6-8-19(24)9-7-17/h2,4,6-10,14-16H,3,5,11-13H2,1H3,(H,26,31)/t16-/m1/s1. The molecule has 160 valence electrons. The summed E-state index contributed by atoms with van der Waals surface area (Å²) >= 11 is 0. The number of carbonyl (C=O) groups is 2. The number of amides is 2. The largest absolute Gasteiger partial charge is 0.352 e. The summed E-state index contributed by atoms with van der Waals surface area (Å²) in [4.78, 5) is 30.2. The second-order valence-electron chi connectivity index (χ2n) is 7.54. The summed E-state index contributed by atoms with van der Waals surface area (Å²) in [7, 11) is 0. The minimum Gasteiger partial charge on any atom is -0.352 e. The van der Waals surface area contributed by atoms with Crippen molar-refractivity contribution in [2.24, 2.45) is 0 Å². The van der Waals surface area contributed by atoms with Gasteiger partial charge in [0.25, 0.3) is 0 Å². The Bertz CT molecular complexity index is 1070. The molecule has 3 aromatic rings. The van der Waals surface area contributed by atoms with Gasteiger partial charge in [-0.2, -0.15) is 5.10 Å². The van der Waals surface area contributed by atoms with E-state index in [-0.39, 0.29) is 17.6 Å². The van der Waals surface area contributed by atoms with Crippen molar-refractivity contribution in [1.82, 2.24) is 25.0 Å². The van der Waals surface area contributed by atoms with Crippen molar-refractivity contribution < 1.29 is 14.0 Å². The number of nitrogens with zero attached hydrogens (tertiary/aromatic N) is 4. The first-order chi connectivity index (χ1) is 15.0. The van der Waals surface area contributed by atoms with Crippen molar-refractivity contribution in [3.8, 4) is 22.5 Å². The SMILES string of the molecule is C[C@H](C(=O)NCCn1nc(-c2ccc(F)cc2)cc1-c1cccnc1)N1CCCC1=O. The van der Waals surface area contributed by atoms with Gasteiger partial charge in [0.15, 0.2) is 0 Å². The average molecular weight is 421 g/mol. The normalized spacial score (nSPS) is 14.6. The van der Waals surface area contributed by atoms with E-state index in [2.05, 4.69) is 15.4 Å². The molecule has 1 N–H and O–H groups in total. The monoisotopic (exact) mass is 421 g/mol. The Kier molecular flexibility index (Phi) is 6.06. The van der Waals surface area contributed by atoms with Gasteiger partial charge in [0.1, 0.15) is 11.9 Å². The van der Waals surface area contributed by atoms with E-state index in [1.165, 1.54) is 12.1 Å². The van der Waals surface area contributed by atoms with Gasteiger partial charge >= 0.3 is 0 Å². The van der Waals surface area contributed by atoms with E-state index < -0.39 is 6.04 Å². The van der Waals surface area contributed by atoms with Crippen LogP contribution in [0.3, 0.4) is 0 Å². The van der Waals surface area contributed by atoms with E-state index in [0.29, 0.717) is 31.7 Å². The third-order valence-electron chi connectivity index (χ3n) is 5.46. The maximum absolute atomic E-state index is 13.3. The van der Waals surface area contributed by atoms with Crippen LogP contribution in [0.25, 0.3) is 22.5 Å². The lowest BCUT2D eigenvalue weighted by molar-refractivity contribution is -0.136. The van der Waals surface area contributed by atoms with Crippen LogP contribution in [0.4, 0.5) is 4.39 Å². The Hall–Kier alpha value is -3.55. The fourth-order valence-electron chi connectivity index (χ4n) is 3.75. The Labute approximate surface area is 179 Å². The van der Waals surface area contributed by atoms with Crippen molar-refractivity contribution in [3.05, 3.63) is 60.7 Å². The number of carbonyl (C=O) groups excluding carboxylic acids is 2. The lowest BCUT2D eigenvalue weighted by atomic mass is 10.1. The van der Waals surface area contributed by atoms with E-state index in [1.54, 1.807) is 36.4 Å². The molecule has 1 aliphatic heterocycles. The number of pyridine rings is 1. The second kappa shape index (κ2) is 9.07. The molecule has 0 saturated carbocycles. The maximum atomic E-state index is 13.3. The predicted octanol–water partition coefficient (Wildman–Crippen LogP) is 2.88. The highest BCUT2D eigenvalue weighted by Gasteiger charge is 2.29.